The Bertz CT molecular complexity index is 1340. The monoisotopic (exact) mass is 503 g/mol. The van der Waals surface area contributed by atoms with Gasteiger partial charge in [-0.05, 0) is 42.8 Å². The van der Waals surface area contributed by atoms with Crippen LogP contribution < -0.4 is 14.4 Å². The highest BCUT2D eigenvalue weighted by Gasteiger charge is 2.48. The molecular weight excluding hydrogens is 489 g/mol. The Hall–Kier alpha value is -3.14. The number of hydrogen-bond acceptors (Lipinski definition) is 8. The molecule has 1 amide bonds. The molecule has 1 N–H and O–H groups in total. The van der Waals surface area contributed by atoms with Gasteiger partial charge in [-0.1, -0.05) is 40.6 Å². The first-order chi connectivity index (χ1) is 15.8. The van der Waals surface area contributed by atoms with Gasteiger partial charge < -0.3 is 14.6 Å². The predicted molar refractivity (Wildman–Crippen MR) is 123 cm³/mol. The minimum absolute atomic E-state index is 0.108. The zero-order valence-electron chi connectivity index (χ0n) is 17.0. The van der Waals surface area contributed by atoms with E-state index in [1.807, 2.05) is 0 Å². The van der Waals surface area contributed by atoms with E-state index in [1.54, 1.807) is 43.3 Å². The number of aryl methyl sites for hydroxylation is 1. The van der Waals surface area contributed by atoms with Gasteiger partial charge in [-0.25, -0.2) is 0 Å². The molecule has 11 heteroatoms. The number of hydrogen-bond donors (Lipinski definition) is 1. The number of nitrogens with zero attached hydrogens (tertiary/aromatic N) is 3. The van der Waals surface area contributed by atoms with E-state index in [4.69, 9.17) is 32.7 Å². The fourth-order valence-corrected chi connectivity index (χ4v) is 4.78. The lowest BCUT2D eigenvalue weighted by Gasteiger charge is -2.23. The number of fused-ring (bicyclic) bond motifs is 1. The second-order valence-corrected chi connectivity index (χ2v) is 9.28. The van der Waals surface area contributed by atoms with E-state index < -0.39 is 17.7 Å². The van der Waals surface area contributed by atoms with Crippen LogP contribution in [0.5, 0.6) is 11.5 Å². The average Bonchev–Trinajstić information content (AvgIpc) is 3.35. The van der Waals surface area contributed by atoms with Gasteiger partial charge in [0.05, 0.1) is 21.7 Å². The molecule has 1 fully saturated rings. The van der Waals surface area contributed by atoms with Crippen molar-refractivity contribution in [1.29, 1.82) is 0 Å². The van der Waals surface area contributed by atoms with Gasteiger partial charge in [-0.3, -0.25) is 14.5 Å². The smallest absolute Gasteiger partial charge is 0.301 e. The molecule has 0 aliphatic carbocycles. The Kier molecular flexibility index (Phi) is 5.48. The molecule has 1 aromatic heterocycles. The molecule has 2 aromatic carbocycles. The number of halogens is 2. The van der Waals surface area contributed by atoms with Crippen LogP contribution in [-0.2, 0) is 9.59 Å². The first-order valence-corrected chi connectivity index (χ1v) is 11.4. The molecule has 8 nitrogen and oxygen atoms in total. The van der Waals surface area contributed by atoms with Crippen LogP contribution >= 0.6 is 34.5 Å². The maximum atomic E-state index is 13.2. The summed E-state index contributed by atoms with van der Waals surface area (Å²) < 4.78 is 11.1. The standard InChI is InChI=1S/C22H15Cl2N3O5S/c1-10-25-26-22(33-10)27-18(11-2-4-13(23)14(24)8-11)17(20(29)21(27)30)19(28)12-3-5-15-16(9-12)32-7-6-31-15/h2-5,8-9,18,28H,6-7H2,1H3. The summed E-state index contributed by atoms with van der Waals surface area (Å²) in [7, 11) is 0. The third-order valence-electron chi connectivity index (χ3n) is 5.24. The molecular formula is C22H15Cl2N3O5S. The lowest BCUT2D eigenvalue weighted by molar-refractivity contribution is -0.132. The van der Waals surface area contributed by atoms with Gasteiger partial charge >= 0.3 is 5.91 Å². The number of amides is 1. The van der Waals surface area contributed by atoms with Crippen molar-refractivity contribution in [3.8, 4) is 11.5 Å². The second-order valence-electron chi connectivity index (χ2n) is 7.30. The van der Waals surface area contributed by atoms with Crippen LogP contribution in [0.1, 0.15) is 22.2 Å². The minimum atomic E-state index is -0.986. The van der Waals surface area contributed by atoms with E-state index in [0.29, 0.717) is 45.9 Å². The number of anilines is 1. The van der Waals surface area contributed by atoms with Gasteiger partial charge in [0.25, 0.3) is 5.78 Å². The van der Waals surface area contributed by atoms with Crippen molar-refractivity contribution < 1.29 is 24.2 Å². The normalized spacial score (nSPS) is 19.2. The van der Waals surface area contributed by atoms with Gasteiger partial charge in [-0.15, -0.1) is 10.2 Å². The highest BCUT2D eigenvalue weighted by atomic mass is 35.5. The number of aliphatic hydroxyl groups is 1. The Morgan fingerprint density at radius 2 is 1.82 bits per heavy atom. The van der Waals surface area contributed by atoms with Crippen molar-refractivity contribution in [2.45, 2.75) is 13.0 Å². The highest BCUT2D eigenvalue weighted by Crippen LogP contribution is 2.44. The Morgan fingerprint density at radius 1 is 1.06 bits per heavy atom. The number of benzene rings is 2. The van der Waals surface area contributed by atoms with Crippen LogP contribution in [0.2, 0.25) is 10.0 Å². The number of rotatable bonds is 3. The van der Waals surface area contributed by atoms with Crippen molar-refractivity contribution in [2.24, 2.45) is 0 Å². The summed E-state index contributed by atoms with van der Waals surface area (Å²) in [5.41, 5.74) is 0.675. The average molecular weight is 504 g/mol. The summed E-state index contributed by atoms with van der Waals surface area (Å²) in [6, 6.07) is 8.58. The van der Waals surface area contributed by atoms with E-state index in [2.05, 4.69) is 10.2 Å². The van der Waals surface area contributed by atoms with E-state index in [9.17, 15) is 14.7 Å². The molecule has 0 bridgehead atoms. The third-order valence-corrected chi connectivity index (χ3v) is 6.82. The fourth-order valence-electron chi connectivity index (χ4n) is 3.76. The van der Waals surface area contributed by atoms with Crippen molar-refractivity contribution in [2.75, 3.05) is 18.1 Å². The van der Waals surface area contributed by atoms with Crippen LogP contribution in [0.15, 0.2) is 42.0 Å². The van der Waals surface area contributed by atoms with Crippen molar-refractivity contribution in [1.82, 2.24) is 10.2 Å². The van der Waals surface area contributed by atoms with Crippen LogP contribution in [0.3, 0.4) is 0 Å². The molecule has 1 atom stereocenters. The lowest BCUT2D eigenvalue weighted by atomic mass is 9.95. The lowest BCUT2D eigenvalue weighted by Crippen LogP contribution is -2.29. The Morgan fingerprint density at radius 3 is 2.52 bits per heavy atom. The largest absolute Gasteiger partial charge is 0.507 e. The van der Waals surface area contributed by atoms with Crippen molar-refractivity contribution in [3.63, 3.8) is 0 Å². The molecule has 1 unspecified atom stereocenters. The summed E-state index contributed by atoms with van der Waals surface area (Å²) in [6.07, 6.45) is 0. The SMILES string of the molecule is Cc1nnc(N2C(=O)C(=O)C(=C(O)c3ccc4c(c3)OCCO4)C2c2ccc(Cl)c(Cl)c2)s1. The topological polar surface area (TPSA) is 102 Å². The van der Waals surface area contributed by atoms with E-state index >= 15 is 0 Å². The molecule has 0 radical (unpaired) electrons. The molecule has 33 heavy (non-hydrogen) atoms. The molecule has 0 spiro atoms. The minimum Gasteiger partial charge on any atom is -0.507 e. The van der Waals surface area contributed by atoms with Gasteiger partial charge in [-0.2, -0.15) is 0 Å². The zero-order valence-corrected chi connectivity index (χ0v) is 19.4. The molecule has 3 aromatic rings. The number of aliphatic hydroxyl groups excluding tert-OH is 1. The van der Waals surface area contributed by atoms with E-state index in [1.165, 1.54) is 4.90 Å². The Balaban J connectivity index is 1.70. The predicted octanol–water partition coefficient (Wildman–Crippen LogP) is 4.55. The van der Waals surface area contributed by atoms with E-state index in [0.717, 1.165) is 11.3 Å². The molecule has 168 valence electrons. The molecule has 2 aliphatic rings. The van der Waals surface area contributed by atoms with Crippen molar-refractivity contribution in [3.05, 3.63) is 68.2 Å². The molecule has 2 aliphatic heterocycles. The van der Waals surface area contributed by atoms with Crippen molar-refractivity contribution >= 4 is 57.1 Å². The second kappa shape index (κ2) is 8.33. The van der Waals surface area contributed by atoms with Crippen LogP contribution in [0.4, 0.5) is 5.13 Å². The van der Waals surface area contributed by atoms with Gasteiger partial charge in [0.15, 0.2) is 11.5 Å². The zero-order chi connectivity index (χ0) is 23.3. The Labute approximate surface area is 202 Å². The number of ketones is 1. The molecule has 0 saturated carbocycles. The van der Waals surface area contributed by atoms with Gasteiger partial charge in [0, 0.05) is 5.56 Å². The highest BCUT2D eigenvalue weighted by molar-refractivity contribution is 7.15. The van der Waals surface area contributed by atoms with Crippen LogP contribution in [0, 0.1) is 6.92 Å². The van der Waals surface area contributed by atoms with Gasteiger partial charge in [0.1, 0.15) is 24.0 Å². The summed E-state index contributed by atoms with van der Waals surface area (Å²) in [5, 5.41) is 20.6. The van der Waals surface area contributed by atoms with Gasteiger partial charge in [0.2, 0.25) is 5.13 Å². The summed E-state index contributed by atoms with van der Waals surface area (Å²) >= 11 is 13.5. The maximum Gasteiger partial charge on any atom is 0.301 e. The van der Waals surface area contributed by atoms with E-state index in [-0.39, 0.29) is 21.5 Å². The third kappa shape index (κ3) is 3.72. The number of Topliss-reactive ketones (excluding diaryl/α,β-unsaturated/α-hetero) is 1. The molecule has 5 rings (SSSR count). The molecule has 3 heterocycles. The number of aromatic nitrogens is 2. The number of carbonyl (C=O) groups excluding carboxylic acids is 2. The number of carbonyl (C=O) groups is 2. The van der Waals surface area contributed by atoms with Crippen LogP contribution in [-0.4, -0.2) is 40.2 Å². The number of ether oxygens (including phenoxy) is 2. The maximum absolute atomic E-state index is 13.2. The first kappa shape index (κ1) is 21.7. The quantitative estimate of drug-likeness (QED) is 0.317. The summed E-state index contributed by atoms with van der Waals surface area (Å²) in [6.45, 7) is 2.52. The fraction of sp³-hybridized carbons (Fsp3) is 0.182. The summed E-state index contributed by atoms with van der Waals surface area (Å²) in [5.74, 6) is -1.08. The first-order valence-electron chi connectivity index (χ1n) is 9.81. The van der Waals surface area contributed by atoms with Crippen LogP contribution in [0.25, 0.3) is 5.76 Å². The summed E-state index contributed by atoms with van der Waals surface area (Å²) in [4.78, 5) is 27.5. The molecule has 1 saturated heterocycles.